The number of ether oxygens (including phenoxy) is 2. The minimum Gasteiger partial charge on any atom is -0.494 e. The van der Waals surface area contributed by atoms with Gasteiger partial charge in [0.05, 0.1) is 19.8 Å². The van der Waals surface area contributed by atoms with Crippen molar-refractivity contribution in [3.05, 3.63) is 30.1 Å². The van der Waals surface area contributed by atoms with Crippen molar-refractivity contribution in [1.82, 2.24) is 19.6 Å². The van der Waals surface area contributed by atoms with Crippen LogP contribution in [0.5, 0.6) is 11.6 Å². The molecule has 0 radical (unpaired) electrons. The molecule has 0 spiro atoms. The Hall–Kier alpha value is -3.18. The minimum atomic E-state index is -4.58. The Kier molecular flexibility index (Phi) is 4.72. The molecule has 0 aliphatic carbocycles. The van der Waals surface area contributed by atoms with Crippen molar-refractivity contribution in [3.8, 4) is 22.8 Å². The Bertz CT molecular complexity index is 989. The summed E-state index contributed by atoms with van der Waals surface area (Å²) < 4.78 is 77.6. The van der Waals surface area contributed by atoms with Crippen molar-refractivity contribution in [2.24, 2.45) is 0 Å². The molecule has 0 bridgehead atoms. The van der Waals surface area contributed by atoms with Gasteiger partial charge in [-0.05, 0) is 6.07 Å². The topological polar surface area (TPSA) is 73.6 Å². The van der Waals surface area contributed by atoms with Crippen LogP contribution in [0.1, 0.15) is 0 Å². The van der Waals surface area contributed by atoms with E-state index in [1.54, 1.807) is 0 Å². The SMILES string of the molecule is COc1cc(F)c(-c2c(OC)nc3ncnn3c2NCC(F)(F)F)cc1F. The number of aromatic nitrogens is 4. The fourth-order valence-electron chi connectivity index (χ4n) is 2.44. The molecule has 1 N–H and O–H groups in total. The van der Waals surface area contributed by atoms with E-state index in [4.69, 9.17) is 9.47 Å². The number of nitrogens with one attached hydrogen (secondary N) is 1. The molecule has 0 fully saturated rings. The maximum absolute atomic E-state index is 14.6. The van der Waals surface area contributed by atoms with Gasteiger partial charge in [-0.1, -0.05) is 0 Å². The van der Waals surface area contributed by atoms with E-state index in [9.17, 15) is 22.0 Å². The average molecular weight is 389 g/mol. The molecule has 0 aliphatic heterocycles. The lowest BCUT2D eigenvalue weighted by molar-refractivity contribution is -0.115. The number of anilines is 1. The van der Waals surface area contributed by atoms with Crippen molar-refractivity contribution in [2.75, 3.05) is 26.1 Å². The molecule has 3 rings (SSSR count). The zero-order chi connectivity index (χ0) is 19.8. The van der Waals surface area contributed by atoms with Crippen LogP contribution >= 0.6 is 0 Å². The van der Waals surface area contributed by atoms with Crippen LogP contribution in [0.15, 0.2) is 18.5 Å². The molecule has 27 heavy (non-hydrogen) atoms. The van der Waals surface area contributed by atoms with Crippen LogP contribution in [0.25, 0.3) is 16.9 Å². The second kappa shape index (κ2) is 6.85. The molecule has 144 valence electrons. The van der Waals surface area contributed by atoms with Crippen molar-refractivity contribution in [2.45, 2.75) is 6.18 Å². The van der Waals surface area contributed by atoms with Crippen LogP contribution in [0.4, 0.5) is 27.8 Å². The molecule has 3 aromatic rings. The van der Waals surface area contributed by atoms with E-state index in [0.29, 0.717) is 0 Å². The first-order valence-corrected chi connectivity index (χ1v) is 7.37. The smallest absolute Gasteiger partial charge is 0.405 e. The van der Waals surface area contributed by atoms with E-state index in [1.165, 1.54) is 7.11 Å². The molecule has 0 saturated carbocycles. The third-order valence-corrected chi connectivity index (χ3v) is 3.55. The van der Waals surface area contributed by atoms with Crippen molar-refractivity contribution in [1.29, 1.82) is 0 Å². The second-order valence-corrected chi connectivity index (χ2v) is 5.25. The Morgan fingerprint density at radius 2 is 1.85 bits per heavy atom. The Labute approximate surface area is 148 Å². The molecule has 0 saturated heterocycles. The van der Waals surface area contributed by atoms with Gasteiger partial charge in [-0.15, -0.1) is 0 Å². The summed E-state index contributed by atoms with van der Waals surface area (Å²) in [6.45, 7) is -1.46. The number of rotatable bonds is 5. The van der Waals surface area contributed by atoms with E-state index in [-0.39, 0.29) is 34.4 Å². The molecular formula is C15H12F5N5O2. The first-order valence-electron chi connectivity index (χ1n) is 7.37. The minimum absolute atomic E-state index is 0.0883. The number of nitrogens with zero attached hydrogens (tertiary/aromatic N) is 4. The fraction of sp³-hybridized carbons (Fsp3) is 0.267. The highest BCUT2D eigenvalue weighted by atomic mass is 19.4. The summed E-state index contributed by atoms with van der Waals surface area (Å²) >= 11 is 0. The van der Waals surface area contributed by atoms with E-state index < -0.39 is 24.4 Å². The van der Waals surface area contributed by atoms with E-state index in [2.05, 4.69) is 20.4 Å². The third-order valence-electron chi connectivity index (χ3n) is 3.55. The van der Waals surface area contributed by atoms with Gasteiger partial charge in [0.25, 0.3) is 5.78 Å². The molecular weight excluding hydrogens is 377 g/mol. The van der Waals surface area contributed by atoms with Crippen LogP contribution < -0.4 is 14.8 Å². The molecule has 2 aromatic heterocycles. The molecule has 7 nitrogen and oxygen atoms in total. The Morgan fingerprint density at radius 1 is 1.11 bits per heavy atom. The number of hydrogen-bond donors (Lipinski definition) is 1. The van der Waals surface area contributed by atoms with Gasteiger partial charge in [0.2, 0.25) is 5.88 Å². The molecule has 0 atom stereocenters. The summed E-state index contributed by atoms with van der Waals surface area (Å²) in [4.78, 5) is 7.76. The van der Waals surface area contributed by atoms with Gasteiger partial charge in [0, 0.05) is 11.6 Å². The maximum atomic E-state index is 14.6. The van der Waals surface area contributed by atoms with Crippen LogP contribution in [-0.4, -0.2) is 46.5 Å². The quantitative estimate of drug-likeness (QED) is 0.677. The third kappa shape index (κ3) is 3.55. The van der Waals surface area contributed by atoms with Crippen LogP contribution in [0.3, 0.4) is 0 Å². The van der Waals surface area contributed by atoms with Crippen molar-refractivity contribution in [3.63, 3.8) is 0 Å². The van der Waals surface area contributed by atoms with Gasteiger partial charge in [-0.3, -0.25) is 0 Å². The maximum Gasteiger partial charge on any atom is 0.405 e. The highest BCUT2D eigenvalue weighted by molar-refractivity contribution is 5.82. The molecule has 0 aliphatic rings. The van der Waals surface area contributed by atoms with Gasteiger partial charge < -0.3 is 14.8 Å². The lowest BCUT2D eigenvalue weighted by atomic mass is 10.1. The van der Waals surface area contributed by atoms with Gasteiger partial charge in [0.15, 0.2) is 11.6 Å². The predicted octanol–water partition coefficient (Wildman–Crippen LogP) is 3.06. The van der Waals surface area contributed by atoms with Gasteiger partial charge in [-0.2, -0.15) is 32.8 Å². The molecule has 1 aromatic carbocycles. The average Bonchev–Trinajstić information content (AvgIpc) is 3.08. The molecule has 0 unspecified atom stereocenters. The normalized spacial score (nSPS) is 11.7. The fourth-order valence-corrected chi connectivity index (χ4v) is 2.44. The van der Waals surface area contributed by atoms with Crippen molar-refractivity contribution >= 4 is 11.6 Å². The first kappa shape index (κ1) is 18.6. The number of fused-ring (bicyclic) bond motifs is 1. The molecule has 2 heterocycles. The summed E-state index contributed by atoms with van der Waals surface area (Å²) in [6, 6.07) is 1.54. The van der Waals surface area contributed by atoms with Crippen LogP contribution in [0.2, 0.25) is 0 Å². The standard InChI is InChI=1S/C15H12F5N5O2/c1-26-10-4-8(16)7(3-9(10)17)11-12(21-5-15(18,19)20)25-14(22-6-23-25)24-13(11)27-2/h3-4,6,21H,5H2,1-2H3. The number of methoxy groups -OCH3 is 2. The lowest BCUT2D eigenvalue weighted by Crippen LogP contribution is -2.23. The summed E-state index contributed by atoms with van der Waals surface area (Å²) in [6.07, 6.45) is -3.53. The van der Waals surface area contributed by atoms with Crippen LogP contribution in [-0.2, 0) is 0 Å². The zero-order valence-corrected chi connectivity index (χ0v) is 13.9. The summed E-state index contributed by atoms with van der Waals surface area (Å²) in [5.74, 6) is -2.90. The Morgan fingerprint density at radius 3 is 2.48 bits per heavy atom. The monoisotopic (exact) mass is 389 g/mol. The van der Waals surface area contributed by atoms with Gasteiger partial charge in [-0.25, -0.2) is 8.78 Å². The van der Waals surface area contributed by atoms with Crippen molar-refractivity contribution < 1.29 is 31.4 Å². The van der Waals surface area contributed by atoms with E-state index >= 15 is 0 Å². The summed E-state index contributed by atoms with van der Waals surface area (Å²) in [5, 5.41) is 5.91. The molecule has 0 amide bonds. The highest BCUT2D eigenvalue weighted by Crippen LogP contribution is 2.39. The summed E-state index contributed by atoms with van der Waals surface area (Å²) in [7, 11) is 2.33. The predicted molar refractivity (Wildman–Crippen MR) is 83.8 cm³/mol. The van der Waals surface area contributed by atoms with Gasteiger partial charge >= 0.3 is 6.18 Å². The van der Waals surface area contributed by atoms with E-state index in [1.807, 2.05) is 0 Å². The zero-order valence-electron chi connectivity index (χ0n) is 13.9. The second-order valence-electron chi connectivity index (χ2n) is 5.25. The van der Waals surface area contributed by atoms with Gasteiger partial charge in [0.1, 0.15) is 24.5 Å². The number of hydrogen-bond acceptors (Lipinski definition) is 6. The number of alkyl halides is 3. The lowest BCUT2D eigenvalue weighted by Gasteiger charge is -2.17. The largest absolute Gasteiger partial charge is 0.494 e. The highest BCUT2D eigenvalue weighted by Gasteiger charge is 2.30. The number of halogens is 5. The van der Waals surface area contributed by atoms with Crippen LogP contribution in [0, 0.1) is 11.6 Å². The molecule has 12 heteroatoms. The first-order chi connectivity index (χ1) is 12.7. The Balaban J connectivity index is 2.29. The number of benzene rings is 1. The summed E-state index contributed by atoms with van der Waals surface area (Å²) in [5.41, 5.74) is -0.640. The van der Waals surface area contributed by atoms with E-state index in [0.717, 1.165) is 30.1 Å².